The van der Waals surface area contributed by atoms with E-state index in [0.29, 0.717) is 26.6 Å². The second-order valence-corrected chi connectivity index (χ2v) is 6.12. The van der Waals surface area contributed by atoms with Crippen molar-refractivity contribution in [2.45, 2.75) is 0 Å². The monoisotopic (exact) mass is 380 g/mol. The Hall–Kier alpha value is -2.07. The quantitative estimate of drug-likeness (QED) is 0.532. The molecular formula is C18H11Cl3O3. The Bertz CT molecular complexity index is 867. The van der Waals surface area contributed by atoms with Gasteiger partial charge in [-0.1, -0.05) is 53.0 Å². The molecule has 3 aromatic rings. The normalized spacial score (nSPS) is 10.5. The summed E-state index contributed by atoms with van der Waals surface area (Å²) in [6.07, 6.45) is 0. The van der Waals surface area contributed by atoms with Crippen LogP contribution in [0.1, 0.15) is 0 Å². The van der Waals surface area contributed by atoms with Gasteiger partial charge in [0.2, 0.25) is 5.75 Å². The molecule has 24 heavy (non-hydrogen) atoms. The van der Waals surface area contributed by atoms with Crippen LogP contribution in [0.3, 0.4) is 0 Å². The molecule has 3 nitrogen and oxygen atoms in total. The number of phenolic OH excluding ortho intramolecular Hbond substituents is 1. The Kier molecular flexibility index (Phi) is 5.05. The number of para-hydroxylation sites is 1. The van der Waals surface area contributed by atoms with E-state index in [-0.39, 0.29) is 17.2 Å². The first-order chi connectivity index (χ1) is 11.5. The van der Waals surface area contributed by atoms with Crippen LogP contribution in [-0.4, -0.2) is 5.11 Å². The van der Waals surface area contributed by atoms with E-state index in [1.165, 1.54) is 6.07 Å². The maximum absolute atomic E-state index is 10.2. The van der Waals surface area contributed by atoms with Crippen LogP contribution >= 0.6 is 34.8 Å². The molecule has 0 radical (unpaired) electrons. The van der Waals surface area contributed by atoms with Gasteiger partial charge in [-0.15, -0.1) is 0 Å². The van der Waals surface area contributed by atoms with Gasteiger partial charge in [0.1, 0.15) is 11.5 Å². The lowest BCUT2D eigenvalue weighted by atomic mass is 10.2. The zero-order valence-corrected chi connectivity index (χ0v) is 14.4. The van der Waals surface area contributed by atoms with E-state index >= 15 is 0 Å². The molecule has 0 bridgehead atoms. The molecule has 0 fully saturated rings. The molecule has 6 heteroatoms. The summed E-state index contributed by atoms with van der Waals surface area (Å²) in [4.78, 5) is 0. The minimum absolute atomic E-state index is 0.104. The number of hydrogen-bond donors (Lipinski definition) is 1. The highest BCUT2D eigenvalue weighted by molar-refractivity contribution is 6.35. The fraction of sp³-hybridized carbons (Fsp3) is 0. The molecule has 0 aliphatic heterocycles. The predicted molar refractivity (Wildman–Crippen MR) is 96.2 cm³/mol. The molecule has 1 N–H and O–H groups in total. The molecular weight excluding hydrogens is 371 g/mol. The van der Waals surface area contributed by atoms with Gasteiger partial charge in [-0.05, 0) is 30.3 Å². The number of aromatic hydroxyl groups is 1. The van der Waals surface area contributed by atoms with E-state index in [2.05, 4.69) is 0 Å². The fourth-order valence-electron chi connectivity index (χ4n) is 2.02. The Morgan fingerprint density at radius 3 is 2.17 bits per heavy atom. The van der Waals surface area contributed by atoms with Gasteiger partial charge in [-0.25, -0.2) is 0 Å². The molecule has 0 unspecified atom stereocenters. The summed E-state index contributed by atoms with van der Waals surface area (Å²) in [6.45, 7) is 0. The van der Waals surface area contributed by atoms with Crippen molar-refractivity contribution in [1.29, 1.82) is 0 Å². The van der Waals surface area contributed by atoms with Crippen molar-refractivity contribution in [3.05, 3.63) is 75.7 Å². The second-order valence-electron chi connectivity index (χ2n) is 4.84. The topological polar surface area (TPSA) is 38.7 Å². The fourth-order valence-corrected chi connectivity index (χ4v) is 2.67. The number of halogens is 3. The van der Waals surface area contributed by atoms with Gasteiger partial charge in [0.15, 0.2) is 11.5 Å². The van der Waals surface area contributed by atoms with Gasteiger partial charge in [0, 0.05) is 22.2 Å². The third-order valence-corrected chi connectivity index (χ3v) is 3.83. The van der Waals surface area contributed by atoms with E-state index in [4.69, 9.17) is 44.3 Å². The third-order valence-electron chi connectivity index (χ3n) is 3.08. The van der Waals surface area contributed by atoms with Gasteiger partial charge in [0.05, 0.1) is 5.02 Å². The highest BCUT2D eigenvalue weighted by atomic mass is 35.5. The molecule has 0 spiro atoms. The summed E-state index contributed by atoms with van der Waals surface area (Å²) in [5.74, 6) is 1.10. The summed E-state index contributed by atoms with van der Waals surface area (Å²) in [5, 5.41) is 11.3. The van der Waals surface area contributed by atoms with Crippen LogP contribution in [0.5, 0.6) is 28.7 Å². The molecule has 0 atom stereocenters. The van der Waals surface area contributed by atoms with Crippen molar-refractivity contribution in [3.8, 4) is 28.7 Å². The van der Waals surface area contributed by atoms with Crippen LogP contribution in [0.15, 0.2) is 60.7 Å². The van der Waals surface area contributed by atoms with Crippen molar-refractivity contribution in [2.24, 2.45) is 0 Å². The van der Waals surface area contributed by atoms with Gasteiger partial charge in [-0.2, -0.15) is 0 Å². The average Bonchev–Trinajstić information content (AvgIpc) is 2.53. The SMILES string of the molecule is Oc1cc(Cl)cc(Oc2ccccc2)c1Oc1ccc(Cl)cc1Cl. The Balaban J connectivity index is 2.00. The first kappa shape index (κ1) is 16.8. The van der Waals surface area contributed by atoms with Gasteiger partial charge < -0.3 is 14.6 Å². The maximum atomic E-state index is 10.2. The molecule has 0 saturated heterocycles. The maximum Gasteiger partial charge on any atom is 0.211 e. The molecule has 122 valence electrons. The lowest BCUT2D eigenvalue weighted by Gasteiger charge is -2.15. The van der Waals surface area contributed by atoms with Gasteiger partial charge in [-0.3, -0.25) is 0 Å². The van der Waals surface area contributed by atoms with Crippen LogP contribution < -0.4 is 9.47 Å². The number of hydrogen-bond acceptors (Lipinski definition) is 3. The Morgan fingerprint density at radius 1 is 0.708 bits per heavy atom. The van der Waals surface area contributed by atoms with E-state index in [1.807, 2.05) is 18.2 Å². The van der Waals surface area contributed by atoms with Crippen LogP contribution in [0.2, 0.25) is 15.1 Å². The second kappa shape index (κ2) is 7.22. The van der Waals surface area contributed by atoms with E-state index in [1.54, 1.807) is 36.4 Å². The predicted octanol–water partition coefficient (Wildman–Crippen LogP) is 6.94. The van der Waals surface area contributed by atoms with Crippen molar-refractivity contribution < 1.29 is 14.6 Å². The first-order valence-electron chi connectivity index (χ1n) is 6.91. The molecule has 0 aromatic heterocycles. The van der Waals surface area contributed by atoms with Crippen LogP contribution in [0.25, 0.3) is 0 Å². The van der Waals surface area contributed by atoms with E-state index < -0.39 is 0 Å². The zero-order chi connectivity index (χ0) is 17.1. The standard InChI is InChI=1S/C18H11Cl3O3/c19-11-6-7-16(14(21)8-11)24-18-15(22)9-12(20)10-17(18)23-13-4-2-1-3-5-13/h1-10,22H. The molecule has 0 heterocycles. The molecule has 3 rings (SSSR count). The summed E-state index contributed by atoms with van der Waals surface area (Å²) >= 11 is 18.0. The largest absolute Gasteiger partial charge is 0.504 e. The van der Waals surface area contributed by atoms with Gasteiger partial charge in [0.25, 0.3) is 0 Å². The van der Waals surface area contributed by atoms with Crippen LogP contribution in [0.4, 0.5) is 0 Å². The smallest absolute Gasteiger partial charge is 0.211 e. The van der Waals surface area contributed by atoms with Crippen molar-refractivity contribution in [1.82, 2.24) is 0 Å². The third kappa shape index (κ3) is 3.88. The minimum atomic E-state index is -0.167. The summed E-state index contributed by atoms with van der Waals surface area (Å²) < 4.78 is 11.5. The van der Waals surface area contributed by atoms with Crippen molar-refractivity contribution in [3.63, 3.8) is 0 Å². The Morgan fingerprint density at radius 2 is 1.46 bits per heavy atom. The Labute approximate surface area is 153 Å². The highest BCUT2D eigenvalue weighted by Crippen LogP contribution is 2.45. The number of phenols is 1. The molecule has 3 aromatic carbocycles. The average molecular weight is 382 g/mol. The van der Waals surface area contributed by atoms with Crippen LogP contribution in [-0.2, 0) is 0 Å². The van der Waals surface area contributed by atoms with E-state index in [9.17, 15) is 5.11 Å². The lowest BCUT2D eigenvalue weighted by Crippen LogP contribution is -1.92. The van der Waals surface area contributed by atoms with Gasteiger partial charge >= 0.3 is 0 Å². The molecule has 0 saturated carbocycles. The lowest BCUT2D eigenvalue weighted by molar-refractivity contribution is 0.381. The molecule has 0 aliphatic carbocycles. The zero-order valence-electron chi connectivity index (χ0n) is 12.2. The number of benzene rings is 3. The van der Waals surface area contributed by atoms with Crippen LogP contribution in [0, 0.1) is 0 Å². The number of ether oxygens (including phenoxy) is 2. The van der Waals surface area contributed by atoms with E-state index in [0.717, 1.165) is 0 Å². The summed E-state index contributed by atoms with van der Waals surface area (Å²) in [6, 6.07) is 16.8. The van der Waals surface area contributed by atoms with Crippen molar-refractivity contribution >= 4 is 34.8 Å². The molecule has 0 aliphatic rings. The minimum Gasteiger partial charge on any atom is -0.504 e. The van der Waals surface area contributed by atoms with Crippen molar-refractivity contribution in [2.75, 3.05) is 0 Å². The summed E-state index contributed by atoms with van der Waals surface area (Å²) in [5.41, 5.74) is 0. The summed E-state index contributed by atoms with van der Waals surface area (Å²) in [7, 11) is 0. The highest BCUT2D eigenvalue weighted by Gasteiger charge is 2.16. The number of rotatable bonds is 4. The molecule has 0 amide bonds. The first-order valence-corrected chi connectivity index (χ1v) is 8.04.